The molecule has 0 N–H and O–H groups in total. The van der Waals surface area contributed by atoms with Crippen LogP contribution >= 0.6 is 0 Å². The second kappa shape index (κ2) is 8.33. The van der Waals surface area contributed by atoms with Gasteiger partial charge in [0, 0.05) is 37.8 Å². The highest BCUT2D eigenvalue weighted by atomic mass is 16.5. The molecule has 6 nitrogen and oxygen atoms in total. The summed E-state index contributed by atoms with van der Waals surface area (Å²) in [5, 5.41) is 0. The Labute approximate surface area is 172 Å². The fourth-order valence-electron chi connectivity index (χ4n) is 4.44. The standard InChI is InChI=1S/C23H28N2O4/c1-27-20-12-18(13-21(28-2)22(20)29-3)23(26)25-11-9-19(15-25)24-10-8-16-6-4-5-7-17(16)14-24/h4-7,12-13,19H,8-11,14-15H2,1-3H3. The molecule has 1 amide bonds. The molecule has 2 aromatic carbocycles. The van der Waals surface area contributed by atoms with Gasteiger partial charge in [0.15, 0.2) is 11.5 Å². The van der Waals surface area contributed by atoms with Gasteiger partial charge in [-0.3, -0.25) is 9.69 Å². The number of ether oxygens (including phenoxy) is 3. The Kier molecular flexibility index (Phi) is 5.62. The second-order valence-corrected chi connectivity index (χ2v) is 7.60. The van der Waals surface area contributed by atoms with Crippen molar-refractivity contribution < 1.29 is 19.0 Å². The lowest BCUT2D eigenvalue weighted by atomic mass is 9.98. The van der Waals surface area contributed by atoms with Gasteiger partial charge in [-0.15, -0.1) is 0 Å². The first kappa shape index (κ1) is 19.6. The van der Waals surface area contributed by atoms with Crippen LogP contribution in [0.4, 0.5) is 0 Å². The molecule has 0 aliphatic carbocycles. The van der Waals surface area contributed by atoms with Crippen LogP contribution in [0.5, 0.6) is 17.2 Å². The largest absolute Gasteiger partial charge is 0.493 e. The molecule has 0 aromatic heterocycles. The molecule has 0 radical (unpaired) electrons. The van der Waals surface area contributed by atoms with Crippen LogP contribution < -0.4 is 14.2 Å². The Morgan fingerprint density at radius 3 is 2.31 bits per heavy atom. The van der Waals surface area contributed by atoms with E-state index in [1.807, 2.05) is 4.90 Å². The third-order valence-electron chi connectivity index (χ3n) is 6.04. The van der Waals surface area contributed by atoms with Crippen molar-refractivity contribution in [1.29, 1.82) is 0 Å². The summed E-state index contributed by atoms with van der Waals surface area (Å²) in [5.74, 6) is 1.50. The number of fused-ring (bicyclic) bond motifs is 1. The fraction of sp³-hybridized carbons (Fsp3) is 0.435. The van der Waals surface area contributed by atoms with E-state index >= 15 is 0 Å². The SMILES string of the molecule is COc1cc(C(=O)N2CCC(N3CCc4ccccc4C3)C2)cc(OC)c1OC. The van der Waals surface area contributed by atoms with Gasteiger partial charge < -0.3 is 19.1 Å². The van der Waals surface area contributed by atoms with E-state index in [4.69, 9.17) is 14.2 Å². The monoisotopic (exact) mass is 396 g/mol. The first-order valence-electron chi connectivity index (χ1n) is 10.0. The number of hydrogen-bond acceptors (Lipinski definition) is 5. The normalized spacial score (nSPS) is 19.0. The van der Waals surface area contributed by atoms with Gasteiger partial charge in [0.25, 0.3) is 5.91 Å². The number of benzene rings is 2. The smallest absolute Gasteiger partial charge is 0.254 e. The molecule has 0 saturated carbocycles. The lowest BCUT2D eigenvalue weighted by Crippen LogP contribution is -2.41. The maximum Gasteiger partial charge on any atom is 0.254 e. The molecule has 1 atom stereocenters. The first-order chi connectivity index (χ1) is 14.1. The van der Waals surface area contributed by atoms with Gasteiger partial charge in [0.1, 0.15) is 0 Å². The molecule has 29 heavy (non-hydrogen) atoms. The fourth-order valence-corrected chi connectivity index (χ4v) is 4.44. The van der Waals surface area contributed by atoms with Crippen molar-refractivity contribution >= 4 is 5.91 Å². The van der Waals surface area contributed by atoms with E-state index in [9.17, 15) is 4.79 Å². The summed E-state index contributed by atoms with van der Waals surface area (Å²) in [7, 11) is 4.68. The maximum absolute atomic E-state index is 13.2. The van der Waals surface area contributed by atoms with E-state index in [1.165, 1.54) is 11.1 Å². The van der Waals surface area contributed by atoms with Gasteiger partial charge in [-0.2, -0.15) is 0 Å². The summed E-state index contributed by atoms with van der Waals surface area (Å²) in [6.07, 6.45) is 2.08. The molecule has 1 unspecified atom stereocenters. The Morgan fingerprint density at radius 1 is 0.966 bits per heavy atom. The summed E-state index contributed by atoms with van der Waals surface area (Å²) in [6, 6.07) is 12.5. The Balaban J connectivity index is 1.48. The highest BCUT2D eigenvalue weighted by molar-refractivity contribution is 5.96. The molecule has 2 aromatic rings. The van der Waals surface area contributed by atoms with Gasteiger partial charge in [0.2, 0.25) is 5.75 Å². The number of likely N-dealkylation sites (tertiary alicyclic amines) is 1. The van der Waals surface area contributed by atoms with Crippen molar-refractivity contribution in [1.82, 2.24) is 9.80 Å². The van der Waals surface area contributed by atoms with E-state index < -0.39 is 0 Å². The van der Waals surface area contributed by atoms with Crippen molar-refractivity contribution in [3.63, 3.8) is 0 Å². The predicted octanol–water partition coefficient (Wildman–Crippen LogP) is 2.99. The Hall–Kier alpha value is -2.73. The second-order valence-electron chi connectivity index (χ2n) is 7.60. The zero-order valence-corrected chi connectivity index (χ0v) is 17.3. The van der Waals surface area contributed by atoms with Crippen LogP contribution in [0.25, 0.3) is 0 Å². The van der Waals surface area contributed by atoms with E-state index in [2.05, 4.69) is 29.2 Å². The average molecular weight is 396 g/mol. The minimum Gasteiger partial charge on any atom is -0.493 e. The summed E-state index contributed by atoms with van der Waals surface area (Å²) >= 11 is 0. The molecule has 1 fully saturated rings. The van der Waals surface area contributed by atoms with Gasteiger partial charge >= 0.3 is 0 Å². The van der Waals surface area contributed by atoms with E-state index in [1.54, 1.807) is 33.5 Å². The third kappa shape index (κ3) is 3.77. The van der Waals surface area contributed by atoms with Crippen molar-refractivity contribution in [2.45, 2.75) is 25.4 Å². The van der Waals surface area contributed by atoms with E-state index in [0.717, 1.165) is 39.0 Å². The Bertz CT molecular complexity index is 873. The molecule has 1 saturated heterocycles. The molecule has 6 heteroatoms. The molecule has 154 valence electrons. The molecule has 2 heterocycles. The van der Waals surface area contributed by atoms with Gasteiger partial charge in [0.05, 0.1) is 21.3 Å². The Morgan fingerprint density at radius 2 is 1.66 bits per heavy atom. The third-order valence-corrected chi connectivity index (χ3v) is 6.04. The van der Waals surface area contributed by atoms with Crippen LogP contribution in [0, 0.1) is 0 Å². The maximum atomic E-state index is 13.2. The van der Waals surface area contributed by atoms with Crippen LogP contribution in [0.2, 0.25) is 0 Å². The van der Waals surface area contributed by atoms with Crippen molar-refractivity contribution in [3.8, 4) is 17.2 Å². The first-order valence-corrected chi connectivity index (χ1v) is 10.0. The zero-order chi connectivity index (χ0) is 20.4. The van der Waals surface area contributed by atoms with Crippen LogP contribution in [0.1, 0.15) is 27.9 Å². The zero-order valence-electron chi connectivity index (χ0n) is 17.3. The molecule has 4 rings (SSSR count). The van der Waals surface area contributed by atoms with Crippen LogP contribution in [-0.2, 0) is 13.0 Å². The highest BCUT2D eigenvalue weighted by Crippen LogP contribution is 2.38. The van der Waals surface area contributed by atoms with Crippen molar-refractivity contribution in [3.05, 3.63) is 53.1 Å². The lowest BCUT2D eigenvalue weighted by Gasteiger charge is -2.33. The topological polar surface area (TPSA) is 51.2 Å². The number of carbonyl (C=O) groups excluding carboxylic acids is 1. The van der Waals surface area contributed by atoms with Gasteiger partial charge in [-0.1, -0.05) is 24.3 Å². The molecule has 2 aliphatic rings. The molecule has 0 spiro atoms. The van der Waals surface area contributed by atoms with E-state index in [-0.39, 0.29) is 5.91 Å². The molecule has 2 aliphatic heterocycles. The minimum atomic E-state index is 0.00385. The summed E-state index contributed by atoms with van der Waals surface area (Å²) < 4.78 is 16.2. The minimum absolute atomic E-state index is 0.00385. The van der Waals surface area contributed by atoms with Gasteiger partial charge in [-0.25, -0.2) is 0 Å². The number of methoxy groups -OCH3 is 3. The van der Waals surface area contributed by atoms with Crippen LogP contribution in [0.15, 0.2) is 36.4 Å². The molecular formula is C23H28N2O4. The van der Waals surface area contributed by atoms with Crippen LogP contribution in [0.3, 0.4) is 0 Å². The number of carbonyl (C=O) groups is 1. The number of rotatable bonds is 5. The van der Waals surface area contributed by atoms with Crippen molar-refractivity contribution in [2.24, 2.45) is 0 Å². The van der Waals surface area contributed by atoms with Crippen molar-refractivity contribution in [2.75, 3.05) is 41.0 Å². The summed E-state index contributed by atoms with van der Waals surface area (Å²) in [5.41, 5.74) is 3.42. The number of nitrogens with zero attached hydrogens (tertiary/aromatic N) is 2. The molecule has 0 bridgehead atoms. The van der Waals surface area contributed by atoms with Crippen LogP contribution in [-0.4, -0.2) is 62.7 Å². The van der Waals surface area contributed by atoms with Gasteiger partial charge in [-0.05, 0) is 36.1 Å². The van der Waals surface area contributed by atoms with E-state index in [0.29, 0.717) is 28.9 Å². The number of hydrogen-bond donors (Lipinski definition) is 0. The lowest BCUT2D eigenvalue weighted by molar-refractivity contribution is 0.0772. The quantitative estimate of drug-likeness (QED) is 0.778. The highest BCUT2D eigenvalue weighted by Gasteiger charge is 2.33. The summed E-state index contributed by atoms with van der Waals surface area (Å²) in [6.45, 7) is 3.52. The average Bonchev–Trinajstić information content (AvgIpc) is 3.27. The number of amides is 1. The molecular weight excluding hydrogens is 368 g/mol. The predicted molar refractivity (Wildman–Crippen MR) is 111 cm³/mol. The summed E-state index contributed by atoms with van der Waals surface area (Å²) in [4.78, 5) is 17.6.